The van der Waals surface area contributed by atoms with Crippen LogP contribution in [0.15, 0.2) is 36.4 Å². The molecule has 2 heterocycles. The lowest BCUT2D eigenvalue weighted by molar-refractivity contribution is 0.0497. The molecule has 3 rings (SSSR count). The fraction of sp³-hybridized carbons (Fsp3) is 0.450. The second-order valence-corrected chi connectivity index (χ2v) is 6.72. The molecule has 0 saturated carbocycles. The molecule has 1 saturated heterocycles. The zero-order valence-corrected chi connectivity index (χ0v) is 15.1. The number of carbonyl (C=O) groups is 1. The van der Waals surface area contributed by atoms with Crippen molar-refractivity contribution in [1.29, 1.82) is 0 Å². The summed E-state index contributed by atoms with van der Waals surface area (Å²) in [6, 6.07) is 12.5. The molecular formula is C20H27N3O. The van der Waals surface area contributed by atoms with Crippen molar-refractivity contribution in [2.75, 3.05) is 26.7 Å². The van der Waals surface area contributed by atoms with E-state index in [1.54, 1.807) is 0 Å². The Hall–Kier alpha value is -2.07. The number of carbonyl (C=O) groups excluding carboxylic acids is 1. The molecule has 2 aromatic rings. The molecule has 0 radical (unpaired) electrons. The predicted octanol–water partition coefficient (Wildman–Crippen LogP) is 3.25. The van der Waals surface area contributed by atoms with Gasteiger partial charge in [0.25, 0.3) is 5.91 Å². The standard InChI is InChI=1S/C20H27N3O/c1-5-22-15(2)13-18(16(22)3)20(24)23-12-11-21(4)14-19(23)17-9-7-6-8-10-17/h6-10,13,19H,5,11-12,14H2,1-4H3/t19-/m1/s1. The molecule has 0 spiro atoms. The molecule has 4 heteroatoms. The van der Waals surface area contributed by atoms with Crippen LogP contribution in [0.4, 0.5) is 0 Å². The van der Waals surface area contributed by atoms with Gasteiger partial charge < -0.3 is 14.4 Å². The summed E-state index contributed by atoms with van der Waals surface area (Å²) < 4.78 is 2.21. The number of likely N-dealkylation sites (N-methyl/N-ethyl adjacent to an activating group) is 1. The minimum absolute atomic E-state index is 0.113. The van der Waals surface area contributed by atoms with Crippen LogP contribution in [0.2, 0.25) is 0 Å². The normalized spacial score (nSPS) is 18.8. The Labute approximate surface area is 144 Å². The van der Waals surface area contributed by atoms with Crippen LogP contribution in [0.5, 0.6) is 0 Å². The Kier molecular flexibility index (Phi) is 4.76. The summed E-state index contributed by atoms with van der Waals surface area (Å²) in [6.45, 7) is 9.71. The van der Waals surface area contributed by atoms with E-state index in [0.717, 1.165) is 43.1 Å². The third kappa shape index (κ3) is 2.98. The molecule has 1 aromatic carbocycles. The Bertz CT molecular complexity index is 720. The minimum atomic E-state index is 0.113. The molecule has 1 aliphatic heterocycles. The Morgan fingerprint density at radius 3 is 2.50 bits per heavy atom. The van der Waals surface area contributed by atoms with Crippen LogP contribution in [0.25, 0.3) is 0 Å². The number of nitrogens with zero attached hydrogens (tertiary/aromatic N) is 3. The van der Waals surface area contributed by atoms with E-state index in [4.69, 9.17) is 0 Å². The predicted molar refractivity (Wildman–Crippen MR) is 97.3 cm³/mol. The summed E-state index contributed by atoms with van der Waals surface area (Å²) in [5.74, 6) is 0.157. The second-order valence-electron chi connectivity index (χ2n) is 6.72. The fourth-order valence-electron chi connectivity index (χ4n) is 3.78. The SMILES string of the molecule is CCn1c(C)cc(C(=O)N2CCN(C)C[C@@H]2c2ccccc2)c1C. The largest absolute Gasteiger partial charge is 0.349 e. The van der Waals surface area contributed by atoms with E-state index in [1.165, 1.54) is 5.56 Å². The topological polar surface area (TPSA) is 28.5 Å². The van der Waals surface area contributed by atoms with Crippen molar-refractivity contribution in [1.82, 2.24) is 14.4 Å². The highest BCUT2D eigenvalue weighted by molar-refractivity contribution is 5.96. The molecule has 24 heavy (non-hydrogen) atoms. The molecule has 1 aromatic heterocycles. The second kappa shape index (κ2) is 6.81. The monoisotopic (exact) mass is 325 g/mol. The lowest BCUT2D eigenvalue weighted by Crippen LogP contribution is -2.49. The highest BCUT2D eigenvalue weighted by atomic mass is 16.2. The van der Waals surface area contributed by atoms with Crippen molar-refractivity contribution < 1.29 is 4.79 Å². The third-order valence-electron chi connectivity index (χ3n) is 5.15. The van der Waals surface area contributed by atoms with Crippen LogP contribution in [-0.4, -0.2) is 47.0 Å². The first kappa shape index (κ1) is 16.8. The van der Waals surface area contributed by atoms with E-state index in [0.29, 0.717) is 0 Å². The average molecular weight is 325 g/mol. The van der Waals surface area contributed by atoms with Crippen LogP contribution in [0.3, 0.4) is 0 Å². The first-order chi connectivity index (χ1) is 11.5. The first-order valence-corrected chi connectivity index (χ1v) is 8.74. The van der Waals surface area contributed by atoms with E-state index >= 15 is 0 Å². The Morgan fingerprint density at radius 1 is 1.17 bits per heavy atom. The van der Waals surface area contributed by atoms with Gasteiger partial charge >= 0.3 is 0 Å². The van der Waals surface area contributed by atoms with E-state index < -0.39 is 0 Å². The molecule has 0 N–H and O–H groups in total. The van der Waals surface area contributed by atoms with Crippen LogP contribution < -0.4 is 0 Å². The number of hydrogen-bond acceptors (Lipinski definition) is 2. The van der Waals surface area contributed by atoms with Crippen LogP contribution >= 0.6 is 0 Å². The van der Waals surface area contributed by atoms with Crippen molar-refractivity contribution in [3.63, 3.8) is 0 Å². The fourth-order valence-corrected chi connectivity index (χ4v) is 3.78. The number of amides is 1. The smallest absolute Gasteiger partial charge is 0.256 e. The number of aromatic nitrogens is 1. The third-order valence-corrected chi connectivity index (χ3v) is 5.15. The number of aryl methyl sites for hydroxylation is 1. The minimum Gasteiger partial charge on any atom is -0.349 e. The maximum atomic E-state index is 13.3. The molecular weight excluding hydrogens is 298 g/mol. The number of rotatable bonds is 3. The maximum absolute atomic E-state index is 13.3. The van der Waals surface area contributed by atoms with Gasteiger partial charge in [0.1, 0.15) is 0 Å². The molecule has 1 aliphatic rings. The van der Waals surface area contributed by atoms with Gasteiger partial charge in [-0.2, -0.15) is 0 Å². The zero-order valence-electron chi connectivity index (χ0n) is 15.1. The van der Waals surface area contributed by atoms with Crippen molar-refractivity contribution in [3.05, 3.63) is 58.9 Å². The number of hydrogen-bond donors (Lipinski definition) is 0. The number of benzene rings is 1. The van der Waals surface area contributed by atoms with Gasteiger partial charge in [-0.25, -0.2) is 0 Å². The lowest BCUT2D eigenvalue weighted by Gasteiger charge is -2.40. The van der Waals surface area contributed by atoms with Gasteiger partial charge in [0.15, 0.2) is 0 Å². The van der Waals surface area contributed by atoms with Crippen molar-refractivity contribution >= 4 is 5.91 Å². The summed E-state index contributed by atoms with van der Waals surface area (Å²) in [6.07, 6.45) is 0. The zero-order chi connectivity index (χ0) is 17.3. The van der Waals surface area contributed by atoms with Gasteiger partial charge in [0, 0.05) is 37.6 Å². The van der Waals surface area contributed by atoms with Gasteiger partial charge in [-0.05, 0) is 39.4 Å². The quantitative estimate of drug-likeness (QED) is 0.866. The average Bonchev–Trinajstić information content (AvgIpc) is 2.89. The molecule has 0 bridgehead atoms. The molecule has 1 amide bonds. The van der Waals surface area contributed by atoms with Gasteiger partial charge in [-0.15, -0.1) is 0 Å². The van der Waals surface area contributed by atoms with Gasteiger partial charge in [0.2, 0.25) is 0 Å². The summed E-state index contributed by atoms with van der Waals surface area (Å²) in [4.78, 5) is 17.6. The first-order valence-electron chi connectivity index (χ1n) is 8.74. The molecule has 0 aliphatic carbocycles. The van der Waals surface area contributed by atoms with Crippen molar-refractivity contribution in [3.8, 4) is 0 Å². The number of piperazine rings is 1. The van der Waals surface area contributed by atoms with E-state index in [9.17, 15) is 4.79 Å². The maximum Gasteiger partial charge on any atom is 0.256 e. The van der Waals surface area contributed by atoms with Gasteiger partial charge in [-0.3, -0.25) is 4.79 Å². The molecule has 0 unspecified atom stereocenters. The lowest BCUT2D eigenvalue weighted by atomic mass is 10.0. The van der Waals surface area contributed by atoms with E-state index in [1.807, 2.05) is 12.1 Å². The van der Waals surface area contributed by atoms with Crippen molar-refractivity contribution in [2.24, 2.45) is 0 Å². The molecule has 1 fully saturated rings. The van der Waals surface area contributed by atoms with Crippen LogP contribution in [0, 0.1) is 13.8 Å². The van der Waals surface area contributed by atoms with E-state index in [-0.39, 0.29) is 11.9 Å². The Morgan fingerprint density at radius 2 is 1.88 bits per heavy atom. The van der Waals surface area contributed by atoms with Gasteiger partial charge in [0.05, 0.1) is 11.6 Å². The van der Waals surface area contributed by atoms with Crippen LogP contribution in [-0.2, 0) is 6.54 Å². The Balaban J connectivity index is 1.95. The highest BCUT2D eigenvalue weighted by Gasteiger charge is 2.32. The van der Waals surface area contributed by atoms with Crippen molar-refractivity contribution in [2.45, 2.75) is 33.4 Å². The highest BCUT2D eigenvalue weighted by Crippen LogP contribution is 2.28. The summed E-state index contributed by atoms with van der Waals surface area (Å²) in [7, 11) is 2.13. The molecule has 128 valence electrons. The summed E-state index contributed by atoms with van der Waals surface area (Å²) >= 11 is 0. The summed E-state index contributed by atoms with van der Waals surface area (Å²) in [5.41, 5.74) is 4.29. The molecule has 4 nitrogen and oxygen atoms in total. The van der Waals surface area contributed by atoms with Gasteiger partial charge in [-0.1, -0.05) is 30.3 Å². The summed E-state index contributed by atoms with van der Waals surface area (Å²) in [5, 5.41) is 0. The molecule has 1 atom stereocenters. The van der Waals surface area contributed by atoms with Crippen LogP contribution in [0.1, 0.15) is 40.3 Å². The van der Waals surface area contributed by atoms with E-state index in [2.05, 4.69) is 66.5 Å².